The van der Waals surface area contributed by atoms with E-state index in [2.05, 4.69) is 48.6 Å². The van der Waals surface area contributed by atoms with Crippen molar-refractivity contribution < 1.29 is 19.1 Å². The van der Waals surface area contributed by atoms with Gasteiger partial charge in [0.2, 0.25) is 0 Å². The Morgan fingerprint density at radius 1 is 1.13 bits per heavy atom. The van der Waals surface area contributed by atoms with E-state index in [1.54, 1.807) is 11.9 Å². The van der Waals surface area contributed by atoms with Crippen molar-refractivity contribution in [3.8, 4) is 11.1 Å². The molecule has 0 aromatic heterocycles. The summed E-state index contributed by atoms with van der Waals surface area (Å²) >= 11 is 0. The molecule has 1 N–H and O–H groups in total. The number of nitrogens with zero attached hydrogens (tertiary/aromatic N) is 1. The molecule has 0 aliphatic carbocycles. The van der Waals surface area contributed by atoms with Gasteiger partial charge in [-0.1, -0.05) is 54.1 Å². The van der Waals surface area contributed by atoms with Crippen LogP contribution in [0.4, 0.5) is 0 Å². The van der Waals surface area contributed by atoms with Crippen LogP contribution < -0.4 is 5.32 Å². The number of carbonyl (C=O) groups excluding carboxylic acids is 2. The van der Waals surface area contributed by atoms with E-state index in [9.17, 15) is 9.59 Å². The molecule has 2 aromatic carbocycles. The highest BCUT2D eigenvalue weighted by Gasteiger charge is 2.45. The molecule has 2 aliphatic heterocycles. The molecule has 0 spiro atoms. The van der Waals surface area contributed by atoms with Crippen molar-refractivity contribution in [2.45, 2.75) is 37.9 Å². The van der Waals surface area contributed by atoms with Crippen LogP contribution in [-0.4, -0.2) is 61.8 Å². The molecule has 2 heterocycles. The van der Waals surface area contributed by atoms with Gasteiger partial charge in [-0.15, -0.1) is 0 Å². The minimum atomic E-state index is -1.12. The average molecular weight is 423 g/mol. The van der Waals surface area contributed by atoms with Crippen molar-refractivity contribution in [3.05, 3.63) is 59.7 Å². The molecule has 2 aliphatic rings. The lowest BCUT2D eigenvalue weighted by Gasteiger charge is -2.42. The van der Waals surface area contributed by atoms with Crippen LogP contribution in [0.25, 0.3) is 11.1 Å². The van der Waals surface area contributed by atoms with Crippen LogP contribution in [0.3, 0.4) is 0 Å². The number of nitrogens with one attached hydrogen (secondary N) is 1. The Morgan fingerprint density at radius 2 is 1.94 bits per heavy atom. The number of hydrogen-bond acceptors (Lipinski definition) is 4. The summed E-state index contributed by atoms with van der Waals surface area (Å²) in [5.41, 5.74) is 3.31. The van der Waals surface area contributed by atoms with E-state index >= 15 is 0 Å². The second-order valence-electron chi connectivity index (χ2n) is 8.43. The summed E-state index contributed by atoms with van der Waals surface area (Å²) in [7, 11) is 1.61. The van der Waals surface area contributed by atoms with Crippen LogP contribution >= 0.6 is 0 Å². The third-order valence-electron chi connectivity index (χ3n) is 6.15. The number of likely N-dealkylation sites (N-methyl/N-ethyl adjacent to an activating group) is 1. The number of aryl methyl sites for hydroxylation is 1. The predicted molar refractivity (Wildman–Crippen MR) is 119 cm³/mol. The number of hydrogen-bond donors (Lipinski definition) is 1. The monoisotopic (exact) mass is 422 g/mol. The van der Waals surface area contributed by atoms with E-state index < -0.39 is 11.7 Å². The molecule has 2 atom stereocenters. The van der Waals surface area contributed by atoms with Crippen LogP contribution in [-0.2, 0) is 25.5 Å². The van der Waals surface area contributed by atoms with Gasteiger partial charge in [-0.25, -0.2) is 0 Å². The molecule has 0 bridgehead atoms. The maximum Gasteiger partial charge on any atom is 0.254 e. The molecule has 6 heteroatoms. The predicted octanol–water partition coefficient (Wildman–Crippen LogP) is 2.73. The van der Waals surface area contributed by atoms with Crippen molar-refractivity contribution in [1.29, 1.82) is 0 Å². The Balaban J connectivity index is 1.58. The van der Waals surface area contributed by atoms with Crippen molar-refractivity contribution in [2.75, 3.05) is 33.4 Å². The molecule has 2 saturated heterocycles. The van der Waals surface area contributed by atoms with E-state index in [-0.39, 0.29) is 18.4 Å². The third kappa shape index (κ3) is 4.65. The molecule has 2 aromatic rings. The van der Waals surface area contributed by atoms with Crippen LogP contribution in [0.1, 0.15) is 24.0 Å². The first kappa shape index (κ1) is 21.5. The molecule has 2 fully saturated rings. The molecule has 164 valence electrons. The van der Waals surface area contributed by atoms with Crippen LogP contribution in [0.2, 0.25) is 0 Å². The van der Waals surface area contributed by atoms with Gasteiger partial charge < -0.3 is 19.7 Å². The second-order valence-corrected chi connectivity index (χ2v) is 8.43. The summed E-state index contributed by atoms with van der Waals surface area (Å²) < 4.78 is 11.7. The minimum absolute atomic E-state index is 0.0394. The number of carbonyl (C=O) groups is 2. The fraction of sp³-hybridized carbons (Fsp3) is 0.440. The zero-order valence-corrected chi connectivity index (χ0v) is 18.2. The molecule has 2 amide bonds. The molecule has 6 nitrogen and oxygen atoms in total. The van der Waals surface area contributed by atoms with Crippen molar-refractivity contribution in [3.63, 3.8) is 0 Å². The molecule has 0 radical (unpaired) electrons. The Kier molecular flexibility index (Phi) is 6.39. The SMILES string of the molecule is CNC(=O)[C@]1(Cc2cccc(-c3ccc(C)cc3)c2)CN(C(=O)[C@@H]2CCCO2)CCO1. The quantitative estimate of drug-likeness (QED) is 0.805. The Hall–Kier alpha value is -2.70. The first-order valence-corrected chi connectivity index (χ1v) is 10.9. The lowest BCUT2D eigenvalue weighted by Crippen LogP contribution is -2.62. The maximum absolute atomic E-state index is 13.0. The topological polar surface area (TPSA) is 67.9 Å². The van der Waals surface area contributed by atoms with Gasteiger partial charge in [0.1, 0.15) is 6.10 Å². The van der Waals surface area contributed by atoms with E-state index in [0.717, 1.165) is 29.5 Å². The van der Waals surface area contributed by atoms with Gasteiger partial charge in [0.25, 0.3) is 11.8 Å². The van der Waals surface area contributed by atoms with E-state index in [4.69, 9.17) is 9.47 Å². The van der Waals surface area contributed by atoms with Gasteiger partial charge >= 0.3 is 0 Å². The highest BCUT2D eigenvalue weighted by atomic mass is 16.5. The van der Waals surface area contributed by atoms with Gasteiger partial charge in [0.05, 0.1) is 13.2 Å². The normalized spacial score (nSPS) is 23.5. The number of benzene rings is 2. The molecular weight excluding hydrogens is 392 g/mol. The maximum atomic E-state index is 13.0. The van der Waals surface area contributed by atoms with Crippen LogP contribution in [0.15, 0.2) is 48.5 Å². The molecular formula is C25H30N2O4. The van der Waals surface area contributed by atoms with Crippen molar-refractivity contribution >= 4 is 11.8 Å². The Bertz CT molecular complexity index is 937. The lowest BCUT2D eigenvalue weighted by molar-refractivity contribution is -0.169. The van der Waals surface area contributed by atoms with Gasteiger partial charge in [-0.05, 0) is 36.5 Å². The first-order valence-electron chi connectivity index (χ1n) is 10.9. The summed E-state index contributed by atoms with van der Waals surface area (Å²) in [6, 6.07) is 16.5. The minimum Gasteiger partial charge on any atom is -0.368 e. The molecule has 0 unspecified atom stereocenters. The second kappa shape index (κ2) is 9.20. The Labute approximate surface area is 183 Å². The van der Waals surface area contributed by atoms with E-state index in [1.807, 2.05) is 12.1 Å². The standard InChI is InChI=1S/C25H30N2O4/c1-18-8-10-20(11-9-18)21-6-3-5-19(15-21)16-25(24(29)26-2)17-27(12-14-31-25)23(28)22-7-4-13-30-22/h3,5-6,8-11,15,22H,4,7,12-14,16-17H2,1-2H3,(H,26,29)/t22-,25-/m0/s1. The van der Waals surface area contributed by atoms with Crippen LogP contribution in [0, 0.1) is 6.92 Å². The zero-order chi connectivity index (χ0) is 21.8. The molecule has 0 saturated carbocycles. The number of ether oxygens (including phenoxy) is 2. The van der Waals surface area contributed by atoms with Crippen molar-refractivity contribution in [2.24, 2.45) is 0 Å². The van der Waals surface area contributed by atoms with Crippen LogP contribution in [0.5, 0.6) is 0 Å². The highest BCUT2D eigenvalue weighted by Crippen LogP contribution is 2.28. The summed E-state index contributed by atoms with van der Waals surface area (Å²) in [5.74, 6) is -0.249. The number of rotatable bonds is 5. The van der Waals surface area contributed by atoms with Crippen molar-refractivity contribution in [1.82, 2.24) is 10.2 Å². The van der Waals surface area contributed by atoms with Gasteiger partial charge in [0, 0.05) is 26.6 Å². The largest absolute Gasteiger partial charge is 0.368 e. The molecule has 4 rings (SSSR count). The fourth-order valence-electron chi connectivity index (χ4n) is 4.44. The number of morpholine rings is 1. The zero-order valence-electron chi connectivity index (χ0n) is 18.2. The third-order valence-corrected chi connectivity index (χ3v) is 6.15. The lowest BCUT2D eigenvalue weighted by atomic mass is 9.89. The fourth-order valence-corrected chi connectivity index (χ4v) is 4.44. The summed E-state index contributed by atoms with van der Waals surface area (Å²) in [6.45, 7) is 3.70. The summed E-state index contributed by atoms with van der Waals surface area (Å²) in [4.78, 5) is 27.6. The van der Waals surface area contributed by atoms with Gasteiger partial charge in [0.15, 0.2) is 5.60 Å². The Morgan fingerprint density at radius 3 is 2.65 bits per heavy atom. The molecule has 31 heavy (non-hydrogen) atoms. The first-order chi connectivity index (χ1) is 15.0. The summed E-state index contributed by atoms with van der Waals surface area (Å²) in [5, 5.41) is 2.74. The van der Waals surface area contributed by atoms with E-state index in [0.29, 0.717) is 26.2 Å². The smallest absolute Gasteiger partial charge is 0.254 e. The van der Waals surface area contributed by atoms with Gasteiger partial charge in [-0.2, -0.15) is 0 Å². The van der Waals surface area contributed by atoms with E-state index in [1.165, 1.54) is 5.56 Å². The summed E-state index contributed by atoms with van der Waals surface area (Å²) in [6.07, 6.45) is 1.63. The number of amides is 2. The highest BCUT2D eigenvalue weighted by molar-refractivity contribution is 5.88. The van der Waals surface area contributed by atoms with Gasteiger partial charge in [-0.3, -0.25) is 9.59 Å². The average Bonchev–Trinajstić information content (AvgIpc) is 3.34.